The van der Waals surface area contributed by atoms with Crippen LogP contribution in [0.2, 0.25) is 0 Å². The van der Waals surface area contributed by atoms with Gasteiger partial charge in [-0.25, -0.2) is 22.6 Å². The van der Waals surface area contributed by atoms with Gasteiger partial charge in [0.1, 0.15) is 18.2 Å². The number of carbonyl (C=O) groups is 1. The van der Waals surface area contributed by atoms with Crippen molar-refractivity contribution < 1.29 is 22.0 Å². The van der Waals surface area contributed by atoms with Gasteiger partial charge in [0.25, 0.3) is 15.9 Å². The Bertz CT molecular complexity index is 1840. The quantitative estimate of drug-likeness (QED) is 0.135. The highest BCUT2D eigenvalue weighted by molar-refractivity contribution is 7.92. The first-order valence-corrected chi connectivity index (χ1v) is 15.6. The molecular formula is C34H30F2N4O3S. The first-order valence-electron chi connectivity index (χ1n) is 14.2. The second-order valence-corrected chi connectivity index (χ2v) is 12.7. The molecule has 1 aliphatic carbocycles. The molecule has 224 valence electrons. The predicted molar refractivity (Wildman–Crippen MR) is 167 cm³/mol. The fourth-order valence-corrected chi connectivity index (χ4v) is 7.28. The maximum atomic E-state index is 13.6. The summed E-state index contributed by atoms with van der Waals surface area (Å²) in [5, 5.41) is 7.91. The molecule has 1 heterocycles. The molecule has 0 saturated carbocycles. The van der Waals surface area contributed by atoms with E-state index in [1.54, 1.807) is 25.1 Å². The summed E-state index contributed by atoms with van der Waals surface area (Å²) in [6, 6.07) is 25.2. The number of fused-ring (bicyclic) bond motifs is 3. The number of allylic oxidation sites excluding steroid dienone is 2. The molecule has 0 spiro atoms. The van der Waals surface area contributed by atoms with E-state index in [0.29, 0.717) is 5.71 Å². The summed E-state index contributed by atoms with van der Waals surface area (Å²) in [5.74, 6) is -1.02. The van der Waals surface area contributed by atoms with Crippen molar-refractivity contribution in [2.45, 2.75) is 30.2 Å². The highest BCUT2D eigenvalue weighted by Gasteiger charge is 2.38. The molecule has 4 aromatic carbocycles. The SMILES string of the molecule is CC(=NNC(=O)CN(c1ccc(F)cc1)S(=O)(=O)c1ccccc1)c1ccc2c(c1)[C@@H]1C=CC[C@H]1[C@@H](c1ccc(F)cc1)N2. The molecule has 0 bridgehead atoms. The van der Waals surface area contributed by atoms with E-state index in [2.05, 4.69) is 28.0 Å². The number of anilines is 2. The lowest BCUT2D eigenvalue weighted by Gasteiger charge is -2.37. The normalized spacial score (nSPS) is 19.1. The minimum absolute atomic E-state index is 0.000379. The van der Waals surface area contributed by atoms with Crippen LogP contribution in [0.25, 0.3) is 0 Å². The van der Waals surface area contributed by atoms with Crippen molar-refractivity contribution >= 4 is 33.0 Å². The number of hydrogen-bond donors (Lipinski definition) is 2. The molecule has 7 nitrogen and oxygen atoms in total. The number of halogens is 2. The first kappa shape index (κ1) is 29.3. The van der Waals surface area contributed by atoms with E-state index < -0.39 is 28.3 Å². The van der Waals surface area contributed by atoms with Crippen LogP contribution >= 0.6 is 0 Å². The summed E-state index contributed by atoms with van der Waals surface area (Å²) in [7, 11) is -4.13. The van der Waals surface area contributed by atoms with Crippen molar-refractivity contribution in [3.05, 3.63) is 138 Å². The molecular weight excluding hydrogens is 582 g/mol. The Hall–Kier alpha value is -4.83. The zero-order valence-electron chi connectivity index (χ0n) is 23.8. The molecule has 0 saturated heterocycles. The number of nitrogens with one attached hydrogen (secondary N) is 2. The number of sulfonamides is 1. The predicted octanol–water partition coefficient (Wildman–Crippen LogP) is 6.53. The van der Waals surface area contributed by atoms with Crippen molar-refractivity contribution in [2.24, 2.45) is 11.0 Å². The summed E-state index contributed by atoms with van der Waals surface area (Å²) in [6.07, 6.45) is 5.27. The largest absolute Gasteiger partial charge is 0.378 e. The van der Waals surface area contributed by atoms with Gasteiger partial charge in [0.2, 0.25) is 0 Å². The van der Waals surface area contributed by atoms with Gasteiger partial charge in [-0.3, -0.25) is 9.10 Å². The van der Waals surface area contributed by atoms with Crippen LogP contribution in [0.1, 0.15) is 42.0 Å². The molecule has 2 aliphatic rings. The third-order valence-electron chi connectivity index (χ3n) is 8.09. The molecule has 0 aromatic heterocycles. The Kier molecular flexibility index (Phi) is 8.01. The summed E-state index contributed by atoms with van der Waals surface area (Å²) in [5.41, 5.74) is 7.09. The van der Waals surface area contributed by atoms with Crippen molar-refractivity contribution in [1.82, 2.24) is 5.43 Å². The average Bonchev–Trinajstić information content (AvgIpc) is 3.54. The molecule has 0 fully saturated rings. The number of hydrazone groups is 1. The van der Waals surface area contributed by atoms with Gasteiger partial charge < -0.3 is 5.32 Å². The third-order valence-corrected chi connectivity index (χ3v) is 9.88. The molecule has 0 radical (unpaired) electrons. The second-order valence-electron chi connectivity index (χ2n) is 10.9. The fraction of sp³-hybridized carbons (Fsp3) is 0.176. The van der Waals surface area contributed by atoms with E-state index in [4.69, 9.17) is 0 Å². The number of nitrogens with zero attached hydrogens (tertiary/aromatic N) is 2. The zero-order valence-corrected chi connectivity index (χ0v) is 24.6. The summed E-state index contributed by atoms with van der Waals surface area (Å²) in [6.45, 7) is 1.20. The lowest BCUT2D eigenvalue weighted by atomic mass is 9.76. The highest BCUT2D eigenvalue weighted by Crippen LogP contribution is 2.50. The lowest BCUT2D eigenvalue weighted by Crippen LogP contribution is -2.39. The average molecular weight is 613 g/mol. The minimum Gasteiger partial charge on any atom is -0.378 e. The van der Waals surface area contributed by atoms with E-state index in [1.165, 1.54) is 36.4 Å². The van der Waals surface area contributed by atoms with Crippen molar-refractivity contribution in [3.63, 3.8) is 0 Å². The highest BCUT2D eigenvalue weighted by atomic mass is 32.2. The van der Waals surface area contributed by atoms with E-state index in [0.717, 1.165) is 45.2 Å². The Balaban J connectivity index is 1.21. The summed E-state index contributed by atoms with van der Waals surface area (Å²) in [4.78, 5) is 13.0. The maximum Gasteiger partial charge on any atom is 0.264 e. The van der Waals surface area contributed by atoms with Gasteiger partial charge in [0.05, 0.1) is 22.3 Å². The molecule has 4 aromatic rings. The van der Waals surface area contributed by atoms with Crippen molar-refractivity contribution in [2.75, 3.05) is 16.2 Å². The number of amides is 1. The molecule has 0 unspecified atom stereocenters. The van der Waals surface area contributed by atoms with Crippen LogP contribution in [0.5, 0.6) is 0 Å². The van der Waals surface area contributed by atoms with Gasteiger partial charge in [-0.15, -0.1) is 0 Å². The number of benzene rings is 4. The third kappa shape index (κ3) is 5.85. The number of rotatable bonds is 8. The van der Waals surface area contributed by atoms with Crippen LogP contribution in [-0.2, 0) is 14.8 Å². The Morgan fingerprint density at radius 2 is 1.64 bits per heavy atom. The molecule has 3 atom stereocenters. The van der Waals surface area contributed by atoms with E-state index in [-0.39, 0.29) is 34.3 Å². The molecule has 44 heavy (non-hydrogen) atoms. The Morgan fingerprint density at radius 3 is 2.34 bits per heavy atom. The van der Waals surface area contributed by atoms with E-state index in [9.17, 15) is 22.0 Å². The van der Waals surface area contributed by atoms with Crippen LogP contribution in [0.3, 0.4) is 0 Å². The van der Waals surface area contributed by atoms with Crippen LogP contribution in [0, 0.1) is 17.6 Å². The van der Waals surface area contributed by atoms with Gasteiger partial charge in [-0.05, 0) is 96.6 Å². The van der Waals surface area contributed by atoms with Gasteiger partial charge in [0.15, 0.2) is 0 Å². The Morgan fingerprint density at radius 1 is 0.955 bits per heavy atom. The second kappa shape index (κ2) is 12.0. The van der Waals surface area contributed by atoms with Crippen LogP contribution in [0.15, 0.2) is 119 Å². The summed E-state index contributed by atoms with van der Waals surface area (Å²) < 4.78 is 55.0. The zero-order chi connectivity index (χ0) is 30.8. The first-order chi connectivity index (χ1) is 21.2. The lowest BCUT2D eigenvalue weighted by molar-refractivity contribution is -0.119. The monoisotopic (exact) mass is 612 g/mol. The number of hydrogen-bond acceptors (Lipinski definition) is 5. The van der Waals surface area contributed by atoms with Gasteiger partial charge >= 0.3 is 0 Å². The van der Waals surface area contributed by atoms with Crippen LogP contribution < -0.4 is 15.0 Å². The molecule has 1 aliphatic heterocycles. The van der Waals surface area contributed by atoms with Crippen LogP contribution in [0.4, 0.5) is 20.2 Å². The molecule has 10 heteroatoms. The van der Waals surface area contributed by atoms with Crippen LogP contribution in [-0.4, -0.2) is 26.6 Å². The minimum atomic E-state index is -4.13. The number of carbonyl (C=O) groups excluding carboxylic acids is 1. The van der Waals surface area contributed by atoms with Crippen molar-refractivity contribution in [1.29, 1.82) is 0 Å². The summed E-state index contributed by atoms with van der Waals surface area (Å²) >= 11 is 0. The van der Waals surface area contributed by atoms with E-state index in [1.807, 2.05) is 30.3 Å². The fourth-order valence-electron chi connectivity index (χ4n) is 5.84. The standard InChI is InChI=1S/C34H30F2N4O3S/c1-22(24-12-19-32-31(20-24)29-8-5-9-30(29)34(37-32)23-10-13-25(35)14-11-23)38-39-33(41)21-40(27-17-15-26(36)16-18-27)44(42,43)28-6-3-2-4-7-28/h2-8,10-20,29-30,34,37H,9,21H2,1H3,(H,39,41)/t29-,30-,34-/m1/s1. The topological polar surface area (TPSA) is 90.9 Å². The Labute approximate surface area is 255 Å². The molecule has 2 N–H and O–H groups in total. The molecule has 1 amide bonds. The van der Waals surface area contributed by atoms with Gasteiger partial charge in [-0.1, -0.05) is 48.6 Å². The van der Waals surface area contributed by atoms with Gasteiger partial charge in [-0.2, -0.15) is 5.10 Å². The smallest absolute Gasteiger partial charge is 0.264 e. The molecule has 6 rings (SSSR count). The van der Waals surface area contributed by atoms with Gasteiger partial charge in [0, 0.05) is 11.6 Å². The maximum absolute atomic E-state index is 13.6. The van der Waals surface area contributed by atoms with E-state index >= 15 is 0 Å². The van der Waals surface area contributed by atoms with Crippen molar-refractivity contribution in [3.8, 4) is 0 Å².